The van der Waals surface area contributed by atoms with Gasteiger partial charge in [0, 0.05) is 7.05 Å². The molecule has 0 saturated heterocycles. The minimum Gasteiger partial charge on any atom is -0.460 e. The third kappa shape index (κ3) is 7.54. The van der Waals surface area contributed by atoms with Gasteiger partial charge < -0.3 is 14.4 Å². The van der Waals surface area contributed by atoms with Crippen LogP contribution in [0.3, 0.4) is 0 Å². The van der Waals surface area contributed by atoms with Gasteiger partial charge in [-0.25, -0.2) is 4.79 Å². The normalized spacial score (nSPS) is 15.2. The first kappa shape index (κ1) is 26.2. The van der Waals surface area contributed by atoms with E-state index in [1.807, 2.05) is 42.5 Å². The molecule has 1 aliphatic carbocycles. The predicted molar refractivity (Wildman–Crippen MR) is 136 cm³/mol. The van der Waals surface area contributed by atoms with E-state index in [4.69, 9.17) is 9.47 Å². The molecule has 0 aliphatic heterocycles. The lowest BCUT2D eigenvalue weighted by Crippen LogP contribution is -2.44. The van der Waals surface area contributed by atoms with Crippen molar-refractivity contribution in [2.75, 3.05) is 7.05 Å². The fraction of sp³-hybridized carbons (Fsp3) is 0.414. The first-order valence-electron chi connectivity index (χ1n) is 12.0. The summed E-state index contributed by atoms with van der Waals surface area (Å²) in [6.07, 6.45) is 3.34. The Morgan fingerprint density at radius 3 is 2.46 bits per heavy atom. The molecule has 0 saturated carbocycles. The molecule has 0 aromatic heterocycles. The number of carbonyl (C=O) groups excluding carboxylic acids is 3. The van der Waals surface area contributed by atoms with Crippen molar-refractivity contribution in [1.29, 1.82) is 0 Å². The smallest absolute Gasteiger partial charge is 0.410 e. The molecule has 0 fully saturated rings. The van der Waals surface area contributed by atoms with Crippen LogP contribution in [0.4, 0.5) is 4.79 Å². The van der Waals surface area contributed by atoms with Crippen LogP contribution in [0.2, 0.25) is 0 Å². The summed E-state index contributed by atoms with van der Waals surface area (Å²) < 4.78 is 10.9. The Morgan fingerprint density at radius 1 is 1.06 bits per heavy atom. The van der Waals surface area contributed by atoms with Crippen LogP contribution in [0.1, 0.15) is 62.3 Å². The third-order valence-corrected chi connectivity index (χ3v) is 5.88. The molecule has 3 rings (SSSR count). The minimum atomic E-state index is -1.03. The summed E-state index contributed by atoms with van der Waals surface area (Å²) in [4.78, 5) is 40.1. The van der Waals surface area contributed by atoms with E-state index in [0.717, 1.165) is 36.0 Å². The van der Waals surface area contributed by atoms with E-state index in [1.54, 1.807) is 26.8 Å². The monoisotopic (exact) mass is 477 g/mol. The number of likely N-dealkylation sites (N-methyl/N-ethyl adjacent to an activating group) is 1. The molecule has 2 aromatic rings. The number of benzene rings is 2. The quantitative estimate of drug-likeness (QED) is 0.380. The van der Waals surface area contributed by atoms with E-state index in [9.17, 15) is 14.4 Å². The molecule has 35 heavy (non-hydrogen) atoms. The van der Waals surface area contributed by atoms with Gasteiger partial charge in [-0.3, -0.25) is 9.59 Å². The van der Waals surface area contributed by atoms with Crippen molar-refractivity contribution in [2.45, 2.75) is 71.6 Å². The van der Waals surface area contributed by atoms with Gasteiger partial charge in [-0.1, -0.05) is 54.1 Å². The van der Waals surface area contributed by atoms with Crippen molar-refractivity contribution >= 4 is 23.4 Å². The van der Waals surface area contributed by atoms with Crippen molar-refractivity contribution in [3.63, 3.8) is 0 Å². The van der Waals surface area contributed by atoms with Crippen molar-refractivity contribution < 1.29 is 23.9 Å². The van der Waals surface area contributed by atoms with Gasteiger partial charge in [-0.2, -0.15) is 0 Å². The largest absolute Gasteiger partial charge is 0.460 e. The lowest BCUT2D eigenvalue weighted by Gasteiger charge is -2.27. The Labute approximate surface area is 207 Å². The molecule has 186 valence electrons. The van der Waals surface area contributed by atoms with Crippen molar-refractivity contribution in [1.82, 2.24) is 4.90 Å². The highest BCUT2D eigenvalue weighted by atomic mass is 16.6. The number of rotatable bonds is 7. The fourth-order valence-corrected chi connectivity index (χ4v) is 4.18. The van der Waals surface area contributed by atoms with Gasteiger partial charge in [0.2, 0.25) is 0 Å². The number of hydrogen-bond donors (Lipinski definition) is 0. The molecule has 0 radical (unpaired) electrons. The van der Waals surface area contributed by atoms with Crippen LogP contribution in [0, 0.1) is 6.92 Å². The molecule has 0 heterocycles. The van der Waals surface area contributed by atoms with Gasteiger partial charge >= 0.3 is 12.1 Å². The van der Waals surface area contributed by atoms with Crippen molar-refractivity contribution in [2.24, 2.45) is 0 Å². The Morgan fingerprint density at radius 2 is 1.77 bits per heavy atom. The van der Waals surface area contributed by atoms with Gasteiger partial charge in [0.1, 0.15) is 18.2 Å². The van der Waals surface area contributed by atoms with Crippen LogP contribution in [0.25, 0.3) is 5.57 Å². The molecule has 6 heteroatoms. The molecule has 1 unspecified atom stereocenters. The maximum Gasteiger partial charge on any atom is 0.410 e. The van der Waals surface area contributed by atoms with Crippen molar-refractivity contribution in [3.8, 4) is 0 Å². The van der Waals surface area contributed by atoms with Crippen LogP contribution >= 0.6 is 0 Å². The molecular formula is C29H35NO5. The van der Waals surface area contributed by atoms with E-state index in [0.29, 0.717) is 0 Å². The number of ether oxygens (including phenoxy) is 2. The minimum absolute atomic E-state index is 0.0746. The molecule has 1 amide bonds. The average molecular weight is 478 g/mol. The Hall–Kier alpha value is -3.41. The van der Waals surface area contributed by atoms with Gasteiger partial charge in [0.25, 0.3) is 0 Å². The number of ketones is 1. The second kappa shape index (κ2) is 11.3. The summed E-state index contributed by atoms with van der Waals surface area (Å²) in [5.41, 5.74) is 4.52. The predicted octanol–water partition coefficient (Wildman–Crippen LogP) is 5.65. The van der Waals surface area contributed by atoms with E-state index >= 15 is 0 Å². The van der Waals surface area contributed by atoms with Crippen LogP contribution in [-0.4, -0.2) is 41.4 Å². The number of allylic oxidation sites excluding steroid dienone is 1. The Balaban J connectivity index is 1.82. The molecule has 6 nitrogen and oxygen atoms in total. The second-order valence-electron chi connectivity index (χ2n) is 10.0. The summed E-state index contributed by atoms with van der Waals surface area (Å²) in [7, 11) is 1.48. The molecule has 1 atom stereocenters. The first-order valence-corrected chi connectivity index (χ1v) is 12.0. The molecule has 0 N–H and O–H groups in total. The second-order valence-corrected chi connectivity index (χ2v) is 10.0. The van der Waals surface area contributed by atoms with Crippen molar-refractivity contribution in [3.05, 3.63) is 76.9 Å². The topological polar surface area (TPSA) is 72.9 Å². The van der Waals surface area contributed by atoms with Gasteiger partial charge in [-0.05, 0) is 75.3 Å². The maximum absolute atomic E-state index is 13.5. The number of amides is 1. The summed E-state index contributed by atoms with van der Waals surface area (Å²) in [5, 5.41) is 0. The number of esters is 1. The average Bonchev–Trinajstić information content (AvgIpc) is 2.80. The number of nitrogens with zero attached hydrogens (tertiary/aromatic N) is 1. The Kier molecular flexibility index (Phi) is 8.49. The molecular weight excluding hydrogens is 442 g/mol. The highest BCUT2D eigenvalue weighted by Gasteiger charge is 2.32. The van der Waals surface area contributed by atoms with E-state index in [-0.39, 0.29) is 18.8 Å². The van der Waals surface area contributed by atoms with Gasteiger partial charge in [0.05, 0.1) is 6.42 Å². The van der Waals surface area contributed by atoms with Gasteiger partial charge in [0.15, 0.2) is 5.78 Å². The van der Waals surface area contributed by atoms with Crippen LogP contribution in [0.15, 0.2) is 54.6 Å². The molecule has 0 bridgehead atoms. The standard InChI is InChI=1S/C29H35NO5/c1-20-14-15-24-22(16-20)12-9-13-23(24)17-26(31)25(18-27(32)35-29(2,3)4)30(5)28(33)34-19-21-10-7-6-8-11-21/h6-8,10-11,14-17,25H,9,12-13,18-19H2,1-5H3. The fourth-order valence-electron chi connectivity index (χ4n) is 4.18. The van der Waals surface area contributed by atoms with Crippen LogP contribution < -0.4 is 0 Å². The maximum atomic E-state index is 13.5. The van der Waals surface area contributed by atoms with Crippen LogP contribution in [-0.2, 0) is 32.1 Å². The summed E-state index contributed by atoms with van der Waals surface area (Å²) in [6.45, 7) is 7.43. The zero-order valence-electron chi connectivity index (χ0n) is 21.3. The number of carbonyl (C=O) groups is 3. The lowest BCUT2D eigenvalue weighted by atomic mass is 9.85. The summed E-state index contributed by atoms with van der Waals surface area (Å²) in [6, 6.07) is 14.5. The van der Waals surface area contributed by atoms with E-state index < -0.39 is 23.7 Å². The third-order valence-electron chi connectivity index (χ3n) is 5.88. The lowest BCUT2D eigenvalue weighted by molar-refractivity contribution is -0.157. The first-order chi connectivity index (χ1) is 16.5. The SMILES string of the molecule is Cc1ccc2c(c1)CCCC2=CC(=O)C(CC(=O)OC(C)(C)C)N(C)C(=O)OCc1ccccc1. The Bertz CT molecular complexity index is 1100. The number of aryl methyl sites for hydroxylation is 2. The van der Waals surface area contributed by atoms with Gasteiger partial charge in [-0.15, -0.1) is 0 Å². The molecule has 1 aliphatic rings. The highest BCUT2D eigenvalue weighted by molar-refractivity contribution is 6.03. The molecule has 0 spiro atoms. The highest BCUT2D eigenvalue weighted by Crippen LogP contribution is 2.31. The number of hydrogen-bond acceptors (Lipinski definition) is 5. The number of fused-ring (bicyclic) bond motifs is 1. The van der Waals surface area contributed by atoms with Crippen LogP contribution in [0.5, 0.6) is 0 Å². The van der Waals surface area contributed by atoms with E-state index in [1.165, 1.54) is 23.1 Å². The van der Waals surface area contributed by atoms with E-state index in [2.05, 4.69) is 13.0 Å². The summed E-state index contributed by atoms with van der Waals surface area (Å²) in [5.74, 6) is -0.866. The summed E-state index contributed by atoms with van der Waals surface area (Å²) >= 11 is 0. The molecule has 2 aromatic carbocycles. The zero-order chi connectivity index (χ0) is 25.6. The zero-order valence-corrected chi connectivity index (χ0v) is 21.3.